The lowest BCUT2D eigenvalue weighted by Gasteiger charge is -2.61. The van der Waals surface area contributed by atoms with Crippen molar-refractivity contribution < 1.29 is 23.1 Å². The molecule has 2 atom stereocenters. The van der Waals surface area contributed by atoms with Gasteiger partial charge in [-0.3, -0.25) is 9.59 Å². The fraction of sp³-hybridized carbons (Fsp3) is 0.393. The smallest absolute Gasteiger partial charge is 0.256 e. The average molecular weight is 503 g/mol. The van der Waals surface area contributed by atoms with Gasteiger partial charge in [-0.2, -0.15) is 5.10 Å². The Balaban J connectivity index is 1.18. The summed E-state index contributed by atoms with van der Waals surface area (Å²) in [4.78, 5) is 27.6. The van der Waals surface area contributed by atoms with Gasteiger partial charge in [0.05, 0.1) is 29.9 Å². The van der Waals surface area contributed by atoms with Crippen LogP contribution in [-0.4, -0.2) is 50.6 Å². The second-order valence-electron chi connectivity index (χ2n) is 10.9. The fourth-order valence-corrected chi connectivity index (χ4v) is 6.11. The predicted octanol–water partition coefficient (Wildman–Crippen LogP) is 4.95. The van der Waals surface area contributed by atoms with Gasteiger partial charge in [-0.05, 0) is 63.6 Å². The van der Waals surface area contributed by atoms with Crippen LogP contribution in [-0.2, 0) is 0 Å². The van der Waals surface area contributed by atoms with E-state index in [4.69, 9.17) is 9.15 Å². The summed E-state index contributed by atoms with van der Waals surface area (Å²) >= 11 is 0. The average Bonchev–Trinajstić information content (AvgIpc) is 3.34. The molecule has 4 fully saturated rings. The molecule has 1 N–H and O–H groups in total. The summed E-state index contributed by atoms with van der Waals surface area (Å²) in [5, 5.41) is 8.30. The van der Waals surface area contributed by atoms with Gasteiger partial charge in [-0.1, -0.05) is 0 Å². The van der Waals surface area contributed by atoms with Crippen LogP contribution in [0, 0.1) is 19.8 Å². The lowest BCUT2D eigenvalue weighted by Crippen LogP contribution is -2.68. The molecule has 1 aromatic carbocycles. The number of amides is 2. The van der Waals surface area contributed by atoms with Crippen LogP contribution in [0.2, 0.25) is 0 Å². The van der Waals surface area contributed by atoms with Crippen molar-refractivity contribution in [2.45, 2.75) is 57.8 Å². The molecule has 2 bridgehead atoms. The van der Waals surface area contributed by atoms with Crippen LogP contribution in [0.5, 0.6) is 11.5 Å². The van der Waals surface area contributed by atoms with E-state index in [0.717, 1.165) is 30.6 Å². The molecule has 8 nitrogen and oxygen atoms in total. The number of hydrogen-bond acceptors (Lipinski definition) is 5. The van der Waals surface area contributed by atoms with E-state index in [0.29, 0.717) is 45.0 Å². The molecule has 2 amide bonds. The minimum absolute atomic E-state index is 0.00980. The van der Waals surface area contributed by atoms with E-state index in [9.17, 15) is 14.0 Å². The first-order valence-electron chi connectivity index (χ1n) is 12.7. The van der Waals surface area contributed by atoms with Crippen LogP contribution in [0.1, 0.15) is 58.2 Å². The van der Waals surface area contributed by atoms with Crippen LogP contribution < -0.4 is 10.1 Å². The second kappa shape index (κ2) is 7.57. The van der Waals surface area contributed by atoms with Crippen molar-refractivity contribution in [3.8, 4) is 11.5 Å². The van der Waals surface area contributed by atoms with E-state index in [2.05, 4.69) is 10.4 Å². The van der Waals surface area contributed by atoms with E-state index < -0.39 is 12.2 Å². The van der Waals surface area contributed by atoms with Crippen LogP contribution in [0.25, 0.3) is 16.5 Å². The molecule has 1 aliphatic heterocycles. The summed E-state index contributed by atoms with van der Waals surface area (Å²) in [5.74, 6) is 2.11. The maximum atomic E-state index is 13.7. The van der Waals surface area contributed by atoms with Crippen molar-refractivity contribution >= 4 is 28.3 Å². The molecular formula is C28H27FN4O4. The number of ether oxygens (including phenoxy) is 1. The van der Waals surface area contributed by atoms with Gasteiger partial charge >= 0.3 is 0 Å². The highest BCUT2D eigenvalue weighted by Gasteiger charge is 2.57. The molecular weight excluding hydrogens is 475 g/mol. The Morgan fingerprint density at radius 3 is 2.68 bits per heavy atom. The third kappa shape index (κ3) is 3.22. The van der Waals surface area contributed by atoms with E-state index >= 15 is 0 Å². The number of furan rings is 1. The van der Waals surface area contributed by atoms with Crippen LogP contribution >= 0.6 is 0 Å². The first kappa shape index (κ1) is 22.3. The Kier molecular flexibility index (Phi) is 4.57. The number of carbonyl (C=O) groups excluding carboxylic acids is 2. The molecule has 1 saturated heterocycles. The SMILES string of the molecule is Cc1oc2cc(Oc3ccnn4cc(C(=O)N5C[C@H](F)[C@H]5C)c(C)c34)ccc2c1C(=O)NC12CC(C1)C2. The lowest BCUT2D eigenvalue weighted by atomic mass is 9.50. The predicted molar refractivity (Wildman–Crippen MR) is 134 cm³/mol. The normalized spacial score (nSPS) is 25.9. The van der Waals surface area contributed by atoms with Crippen LogP contribution in [0.15, 0.2) is 41.1 Å². The minimum atomic E-state index is -0.992. The van der Waals surface area contributed by atoms with Gasteiger partial charge in [0.2, 0.25) is 0 Å². The van der Waals surface area contributed by atoms with Crippen LogP contribution in [0.3, 0.4) is 0 Å². The maximum absolute atomic E-state index is 13.7. The highest BCUT2D eigenvalue weighted by Crippen LogP contribution is 2.57. The molecule has 3 saturated carbocycles. The zero-order valence-corrected chi connectivity index (χ0v) is 20.9. The monoisotopic (exact) mass is 502 g/mol. The molecule has 8 rings (SSSR count). The Morgan fingerprint density at radius 2 is 2.00 bits per heavy atom. The largest absolute Gasteiger partial charge is 0.460 e. The van der Waals surface area contributed by atoms with Crippen molar-refractivity contribution in [1.82, 2.24) is 19.8 Å². The van der Waals surface area contributed by atoms with Crippen molar-refractivity contribution in [2.24, 2.45) is 5.92 Å². The number of rotatable bonds is 5. The first-order chi connectivity index (χ1) is 17.7. The number of nitrogens with one attached hydrogen (secondary N) is 1. The van der Waals surface area contributed by atoms with Gasteiger partial charge in [-0.15, -0.1) is 0 Å². The number of aromatic nitrogens is 2. The van der Waals surface area contributed by atoms with E-state index in [1.165, 1.54) is 4.90 Å². The number of benzene rings is 1. The molecule has 37 heavy (non-hydrogen) atoms. The summed E-state index contributed by atoms with van der Waals surface area (Å²) in [6, 6.07) is 6.72. The lowest BCUT2D eigenvalue weighted by molar-refractivity contribution is -0.0438. The summed E-state index contributed by atoms with van der Waals surface area (Å²) in [6.07, 6.45) is 5.49. The highest BCUT2D eigenvalue weighted by molar-refractivity contribution is 6.08. The number of fused-ring (bicyclic) bond motifs is 2. The first-order valence-corrected chi connectivity index (χ1v) is 12.7. The number of hydrogen-bond donors (Lipinski definition) is 1. The van der Waals surface area contributed by atoms with Gasteiger partial charge in [-0.25, -0.2) is 8.91 Å². The van der Waals surface area contributed by atoms with E-state index in [1.807, 2.05) is 13.0 Å². The summed E-state index contributed by atoms with van der Waals surface area (Å²) < 4.78 is 27.4. The third-order valence-electron chi connectivity index (χ3n) is 8.48. The topological polar surface area (TPSA) is 89.1 Å². The maximum Gasteiger partial charge on any atom is 0.256 e. The molecule has 9 heteroatoms. The van der Waals surface area contributed by atoms with Crippen molar-refractivity contribution in [3.05, 3.63) is 59.1 Å². The Bertz CT molecular complexity index is 1600. The quantitative estimate of drug-likeness (QED) is 0.417. The zero-order valence-electron chi connectivity index (χ0n) is 20.9. The zero-order chi connectivity index (χ0) is 25.6. The number of carbonyl (C=O) groups is 2. The fourth-order valence-electron chi connectivity index (χ4n) is 6.11. The minimum Gasteiger partial charge on any atom is -0.460 e. The number of aryl methyl sites for hydroxylation is 2. The molecule has 190 valence electrons. The molecule has 4 aliphatic rings. The standard InChI is InChI=1S/C28H27FN4O4/c1-14-20(27(35)32-13-21(29)15(32)2)12-33-25(14)22(6-7-30-33)37-18-4-5-19-23(8-18)36-16(3)24(19)26(34)31-28-9-17(10-28)11-28/h4-8,12,15,17,21H,9-11,13H2,1-3H3,(H,31,34)/t15-,17?,21+,28?/m1/s1. The number of alkyl halides is 1. The molecule has 3 aromatic heterocycles. The Labute approximate surface area is 212 Å². The molecule has 0 radical (unpaired) electrons. The Hall–Kier alpha value is -3.88. The van der Waals surface area contributed by atoms with Crippen LogP contribution in [0.4, 0.5) is 4.39 Å². The van der Waals surface area contributed by atoms with E-state index in [1.54, 1.807) is 49.0 Å². The van der Waals surface area contributed by atoms with Gasteiger partial charge in [0.25, 0.3) is 11.8 Å². The van der Waals surface area contributed by atoms with Crippen molar-refractivity contribution in [2.75, 3.05) is 6.54 Å². The highest BCUT2D eigenvalue weighted by atomic mass is 19.1. The van der Waals surface area contributed by atoms with Crippen molar-refractivity contribution in [3.63, 3.8) is 0 Å². The number of nitrogens with zero attached hydrogens (tertiary/aromatic N) is 3. The summed E-state index contributed by atoms with van der Waals surface area (Å²) in [7, 11) is 0. The Morgan fingerprint density at radius 1 is 1.22 bits per heavy atom. The number of halogens is 1. The summed E-state index contributed by atoms with van der Waals surface area (Å²) in [6.45, 7) is 5.45. The second-order valence-corrected chi connectivity index (χ2v) is 10.9. The molecule has 3 aliphatic carbocycles. The summed E-state index contributed by atoms with van der Waals surface area (Å²) in [5.41, 5.74) is 2.97. The molecule has 4 aromatic rings. The van der Waals surface area contributed by atoms with Gasteiger partial charge in [0.1, 0.15) is 28.8 Å². The van der Waals surface area contributed by atoms with Gasteiger partial charge in [0.15, 0.2) is 5.75 Å². The van der Waals surface area contributed by atoms with Gasteiger partial charge in [0, 0.05) is 29.3 Å². The molecule has 0 unspecified atom stereocenters. The van der Waals surface area contributed by atoms with E-state index in [-0.39, 0.29) is 23.9 Å². The molecule has 4 heterocycles. The van der Waals surface area contributed by atoms with Crippen molar-refractivity contribution in [1.29, 1.82) is 0 Å². The third-order valence-corrected chi connectivity index (χ3v) is 8.48. The number of likely N-dealkylation sites (tertiary alicyclic amines) is 1. The van der Waals surface area contributed by atoms with Gasteiger partial charge < -0.3 is 19.4 Å². The molecule has 0 spiro atoms.